The summed E-state index contributed by atoms with van der Waals surface area (Å²) in [6.45, 7) is 4.31. The first-order chi connectivity index (χ1) is 12.6. The maximum absolute atomic E-state index is 11.2. The van der Waals surface area contributed by atoms with Gasteiger partial charge in [0.05, 0.1) is 6.21 Å². The Balaban J connectivity index is 1.57. The maximum Gasteiger partial charge on any atom is 0.363 e. The largest absolute Gasteiger partial charge is 0.489 e. The molecule has 0 aliphatic heterocycles. The standard InChI is InChI=1S/C19H19N5O2/c1-13-4-3-5-16(10-13)12-26-17-8-6-15(7-9-17)11-20-23-18-14(2)22-24-19(25)21-18/h3-11H,12H2,1-2H3,(H2,21,23,24,25). The van der Waals surface area contributed by atoms with Crippen molar-refractivity contribution >= 4 is 12.0 Å². The summed E-state index contributed by atoms with van der Waals surface area (Å²) < 4.78 is 5.79. The van der Waals surface area contributed by atoms with Crippen molar-refractivity contribution in [2.45, 2.75) is 20.5 Å². The zero-order chi connectivity index (χ0) is 18.4. The number of ether oxygens (including phenoxy) is 1. The highest BCUT2D eigenvalue weighted by atomic mass is 16.5. The van der Waals surface area contributed by atoms with Crippen LogP contribution >= 0.6 is 0 Å². The molecular formula is C19H19N5O2. The Morgan fingerprint density at radius 2 is 2.00 bits per heavy atom. The molecule has 26 heavy (non-hydrogen) atoms. The molecule has 0 saturated heterocycles. The number of H-pyrrole nitrogens is 1. The highest BCUT2D eigenvalue weighted by Crippen LogP contribution is 2.14. The Hall–Kier alpha value is -3.48. The number of aryl methyl sites for hydroxylation is 2. The van der Waals surface area contributed by atoms with Crippen LogP contribution in [0.2, 0.25) is 0 Å². The molecule has 3 aromatic rings. The van der Waals surface area contributed by atoms with Gasteiger partial charge in [0.2, 0.25) is 0 Å². The minimum absolute atomic E-state index is 0.322. The van der Waals surface area contributed by atoms with E-state index in [-0.39, 0.29) is 0 Å². The lowest BCUT2D eigenvalue weighted by Gasteiger charge is -2.07. The fourth-order valence-corrected chi connectivity index (χ4v) is 2.28. The fourth-order valence-electron chi connectivity index (χ4n) is 2.28. The van der Waals surface area contributed by atoms with Crippen LogP contribution in [0.4, 0.5) is 5.82 Å². The first kappa shape index (κ1) is 17.3. The third kappa shape index (κ3) is 4.76. The number of aromatic amines is 1. The summed E-state index contributed by atoms with van der Waals surface area (Å²) in [6, 6.07) is 15.8. The Morgan fingerprint density at radius 1 is 1.19 bits per heavy atom. The number of benzene rings is 2. The average molecular weight is 349 g/mol. The third-order valence-corrected chi connectivity index (χ3v) is 3.63. The van der Waals surface area contributed by atoms with E-state index < -0.39 is 5.69 Å². The molecule has 0 unspecified atom stereocenters. The number of anilines is 1. The van der Waals surface area contributed by atoms with E-state index in [4.69, 9.17) is 4.74 Å². The number of aromatic nitrogens is 3. The molecule has 0 amide bonds. The van der Waals surface area contributed by atoms with Gasteiger partial charge in [-0.05, 0) is 49.2 Å². The lowest BCUT2D eigenvalue weighted by Crippen LogP contribution is -2.15. The second-order valence-electron chi connectivity index (χ2n) is 5.79. The zero-order valence-corrected chi connectivity index (χ0v) is 14.6. The van der Waals surface area contributed by atoms with E-state index in [1.807, 2.05) is 36.4 Å². The van der Waals surface area contributed by atoms with Crippen molar-refractivity contribution < 1.29 is 4.74 Å². The van der Waals surface area contributed by atoms with Gasteiger partial charge in [-0.1, -0.05) is 29.8 Å². The van der Waals surface area contributed by atoms with Crippen molar-refractivity contribution in [1.29, 1.82) is 0 Å². The van der Waals surface area contributed by atoms with Gasteiger partial charge in [0.25, 0.3) is 0 Å². The van der Waals surface area contributed by atoms with Crippen LogP contribution < -0.4 is 15.9 Å². The monoisotopic (exact) mass is 349 g/mol. The van der Waals surface area contributed by atoms with Gasteiger partial charge >= 0.3 is 5.69 Å². The van der Waals surface area contributed by atoms with Gasteiger partial charge in [0.15, 0.2) is 5.82 Å². The molecule has 1 heterocycles. The highest BCUT2D eigenvalue weighted by Gasteiger charge is 2.00. The summed E-state index contributed by atoms with van der Waals surface area (Å²) in [4.78, 5) is 14.9. The molecule has 0 spiro atoms. The van der Waals surface area contributed by atoms with Crippen LogP contribution in [0.3, 0.4) is 0 Å². The van der Waals surface area contributed by atoms with Crippen LogP contribution in [0.25, 0.3) is 0 Å². The second-order valence-corrected chi connectivity index (χ2v) is 5.79. The van der Waals surface area contributed by atoms with Gasteiger partial charge in [-0.2, -0.15) is 15.2 Å². The Labute approximate surface area is 150 Å². The fraction of sp³-hybridized carbons (Fsp3) is 0.158. The van der Waals surface area contributed by atoms with Crippen LogP contribution in [0.1, 0.15) is 22.4 Å². The number of hydrazone groups is 1. The van der Waals surface area contributed by atoms with Crippen molar-refractivity contribution in [3.05, 3.63) is 81.4 Å². The molecule has 1 aromatic heterocycles. The van der Waals surface area contributed by atoms with Gasteiger partial charge in [-0.3, -0.25) is 5.43 Å². The van der Waals surface area contributed by atoms with Crippen LogP contribution in [-0.2, 0) is 6.61 Å². The van der Waals surface area contributed by atoms with Gasteiger partial charge < -0.3 is 4.74 Å². The van der Waals surface area contributed by atoms with Crippen molar-refractivity contribution in [2.24, 2.45) is 5.10 Å². The predicted octanol–water partition coefficient (Wildman–Crippen LogP) is 2.81. The lowest BCUT2D eigenvalue weighted by atomic mass is 10.1. The molecule has 0 saturated carbocycles. The van der Waals surface area contributed by atoms with E-state index in [0.717, 1.165) is 16.9 Å². The minimum Gasteiger partial charge on any atom is -0.489 e. The zero-order valence-electron chi connectivity index (χ0n) is 14.6. The number of nitrogens with zero attached hydrogens (tertiary/aromatic N) is 3. The minimum atomic E-state index is -0.525. The van der Waals surface area contributed by atoms with Crippen LogP contribution in [0, 0.1) is 13.8 Å². The number of nitrogens with one attached hydrogen (secondary N) is 2. The summed E-state index contributed by atoms with van der Waals surface area (Å²) >= 11 is 0. The second kappa shape index (κ2) is 8.06. The molecule has 0 atom stereocenters. The molecule has 2 N–H and O–H groups in total. The van der Waals surface area contributed by atoms with Gasteiger partial charge in [0, 0.05) is 0 Å². The van der Waals surface area contributed by atoms with E-state index in [0.29, 0.717) is 18.1 Å². The normalized spacial score (nSPS) is 10.8. The predicted molar refractivity (Wildman–Crippen MR) is 101 cm³/mol. The Morgan fingerprint density at radius 3 is 2.77 bits per heavy atom. The first-order valence-corrected chi connectivity index (χ1v) is 8.11. The van der Waals surface area contributed by atoms with Crippen molar-refractivity contribution in [3.63, 3.8) is 0 Å². The van der Waals surface area contributed by atoms with Crippen LogP contribution in [0.15, 0.2) is 58.4 Å². The summed E-state index contributed by atoms with van der Waals surface area (Å²) in [6.07, 6.45) is 1.63. The number of rotatable bonds is 6. The van der Waals surface area contributed by atoms with Crippen LogP contribution in [0.5, 0.6) is 5.75 Å². The number of hydrogen-bond donors (Lipinski definition) is 2. The van der Waals surface area contributed by atoms with E-state index in [9.17, 15) is 4.79 Å². The van der Waals surface area contributed by atoms with E-state index in [1.54, 1.807) is 13.1 Å². The molecule has 132 valence electrons. The molecule has 0 fully saturated rings. The SMILES string of the molecule is Cc1cccc(COc2ccc(C=NNc3nc(=O)[nH]nc3C)cc2)c1. The third-order valence-electron chi connectivity index (χ3n) is 3.63. The molecule has 0 radical (unpaired) electrons. The molecule has 0 aliphatic rings. The first-order valence-electron chi connectivity index (χ1n) is 8.11. The van der Waals surface area contributed by atoms with Crippen molar-refractivity contribution in [3.8, 4) is 5.75 Å². The summed E-state index contributed by atoms with van der Waals surface area (Å²) in [7, 11) is 0. The molecular weight excluding hydrogens is 330 g/mol. The van der Waals surface area contributed by atoms with Gasteiger partial charge in [-0.15, -0.1) is 0 Å². The molecule has 0 aliphatic carbocycles. The topological polar surface area (TPSA) is 92.3 Å². The summed E-state index contributed by atoms with van der Waals surface area (Å²) in [5.74, 6) is 1.11. The molecule has 7 heteroatoms. The molecule has 2 aromatic carbocycles. The molecule has 0 bridgehead atoms. The van der Waals surface area contributed by atoms with Crippen molar-refractivity contribution in [2.75, 3.05) is 5.43 Å². The number of hydrogen-bond acceptors (Lipinski definition) is 6. The van der Waals surface area contributed by atoms with Crippen LogP contribution in [-0.4, -0.2) is 21.4 Å². The average Bonchev–Trinajstić information content (AvgIpc) is 2.64. The van der Waals surface area contributed by atoms with Gasteiger partial charge in [0.1, 0.15) is 18.1 Å². The highest BCUT2D eigenvalue weighted by molar-refractivity contribution is 5.80. The lowest BCUT2D eigenvalue weighted by molar-refractivity contribution is 0.306. The Bertz CT molecular complexity index is 964. The van der Waals surface area contributed by atoms with Crippen molar-refractivity contribution in [1.82, 2.24) is 15.2 Å². The van der Waals surface area contributed by atoms with Gasteiger partial charge in [-0.25, -0.2) is 9.89 Å². The van der Waals surface area contributed by atoms with E-state index >= 15 is 0 Å². The summed E-state index contributed by atoms with van der Waals surface area (Å²) in [5, 5.41) is 10.1. The summed E-state index contributed by atoms with van der Waals surface area (Å²) in [5.41, 5.74) is 5.98. The van der Waals surface area contributed by atoms with E-state index in [1.165, 1.54) is 5.56 Å². The molecule has 7 nitrogen and oxygen atoms in total. The Kier molecular flexibility index (Phi) is 5.38. The smallest absolute Gasteiger partial charge is 0.363 e. The van der Waals surface area contributed by atoms with E-state index in [2.05, 4.69) is 44.8 Å². The quantitative estimate of drug-likeness (QED) is 0.527. The molecule has 3 rings (SSSR count). The maximum atomic E-state index is 11.2.